The largest absolute Gasteiger partial charge is 0.334 e. The molecule has 0 radical (unpaired) electrons. The molecule has 4 nitrogen and oxygen atoms in total. The number of urea groups is 1. The van der Waals surface area contributed by atoms with Crippen LogP contribution >= 0.6 is 0 Å². The van der Waals surface area contributed by atoms with E-state index in [1.54, 1.807) is 0 Å². The highest BCUT2D eigenvalue weighted by molar-refractivity contribution is 5.74. The molecule has 102 valence electrons. The van der Waals surface area contributed by atoms with Crippen molar-refractivity contribution in [3.05, 3.63) is 35.9 Å². The second kappa shape index (κ2) is 5.21. The van der Waals surface area contributed by atoms with Crippen molar-refractivity contribution >= 4 is 6.03 Å². The third kappa shape index (κ3) is 2.73. The standard InChI is InChI=1S/C15H21N3O/c19-14(17-10-13-4-2-1-3-5-13)18-9-7-15(12-18)6-8-16-11-15/h1-5,16H,6-12H2,(H,17,19). The van der Waals surface area contributed by atoms with Gasteiger partial charge < -0.3 is 15.5 Å². The number of benzene rings is 1. The summed E-state index contributed by atoms with van der Waals surface area (Å²) in [5.74, 6) is 0. The van der Waals surface area contributed by atoms with Crippen molar-refractivity contribution in [1.82, 2.24) is 15.5 Å². The van der Waals surface area contributed by atoms with Crippen LogP contribution in [0.5, 0.6) is 0 Å². The summed E-state index contributed by atoms with van der Waals surface area (Å²) < 4.78 is 0. The SMILES string of the molecule is O=C(NCc1ccccc1)N1CCC2(CCNC2)C1. The average molecular weight is 259 g/mol. The molecule has 2 amide bonds. The van der Waals surface area contributed by atoms with Crippen LogP contribution in [0.15, 0.2) is 30.3 Å². The predicted molar refractivity (Wildman–Crippen MR) is 74.8 cm³/mol. The van der Waals surface area contributed by atoms with Crippen molar-refractivity contribution in [2.45, 2.75) is 19.4 Å². The van der Waals surface area contributed by atoms with Gasteiger partial charge in [-0.25, -0.2) is 4.79 Å². The molecule has 0 aromatic heterocycles. The van der Waals surface area contributed by atoms with Gasteiger partial charge in [0, 0.05) is 31.6 Å². The normalized spacial score (nSPS) is 26.0. The van der Waals surface area contributed by atoms with Crippen molar-refractivity contribution in [3.63, 3.8) is 0 Å². The molecule has 19 heavy (non-hydrogen) atoms. The summed E-state index contributed by atoms with van der Waals surface area (Å²) >= 11 is 0. The third-order valence-electron chi connectivity index (χ3n) is 4.34. The Kier molecular flexibility index (Phi) is 3.42. The molecule has 1 unspecified atom stereocenters. The van der Waals surface area contributed by atoms with E-state index < -0.39 is 0 Å². The Morgan fingerprint density at radius 1 is 1.32 bits per heavy atom. The number of hydrogen-bond acceptors (Lipinski definition) is 2. The summed E-state index contributed by atoms with van der Waals surface area (Å²) in [6.07, 6.45) is 2.34. The van der Waals surface area contributed by atoms with E-state index in [1.807, 2.05) is 35.2 Å². The highest BCUT2D eigenvalue weighted by Crippen LogP contribution is 2.35. The van der Waals surface area contributed by atoms with Crippen LogP contribution in [0.4, 0.5) is 4.79 Å². The van der Waals surface area contributed by atoms with Crippen LogP contribution in [-0.2, 0) is 6.54 Å². The second-order valence-electron chi connectivity index (χ2n) is 5.74. The first kappa shape index (κ1) is 12.5. The molecule has 3 rings (SSSR count). The zero-order valence-corrected chi connectivity index (χ0v) is 11.2. The fourth-order valence-corrected chi connectivity index (χ4v) is 3.14. The van der Waals surface area contributed by atoms with Crippen molar-refractivity contribution in [1.29, 1.82) is 0 Å². The summed E-state index contributed by atoms with van der Waals surface area (Å²) in [7, 11) is 0. The maximum absolute atomic E-state index is 12.2. The van der Waals surface area contributed by atoms with Gasteiger partial charge in [-0.1, -0.05) is 30.3 Å². The lowest BCUT2D eigenvalue weighted by Crippen LogP contribution is -2.39. The number of hydrogen-bond donors (Lipinski definition) is 2. The number of nitrogens with zero attached hydrogens (tertiary/aromatic N) is 1. The molecule has 1 spiro atoms. The quantitative estimate of drug-likeness (QED) is 0.847. The molecule has 0 aliphatic carbocycles. The molecule has 2 aliphatic heterocycles. The van der Waals surface area contributed by atoms with Gasteiger partial charge >= 0.3 is 6.03 Å². The van der Waals surface area contributed by atoms with Crippen LogP contribution < -0.4 is 10.6 Å². The lowest BCUT2D eigenvalue weighted by molar-refractivity contribution is 0.201. The Balaban J connectivity index is 1.51. The average Bonchev–Trinajstić information content (AvgIpc) is 3.08. The van der Waals surface area contributed by atoms with Gasteiger partial charge in [0.05, 0.1) is 0 Å². The minimum Gasteiger partial charge on any atom is -0.334 e. The first-order chi connectivity index (χ1) is 9.27. The molecule has 0 bridgehead atoms. The van der Waals surface area contributed by atoms with Crippen LogP contribution in [0.3, 0.4) is 0 Å². The molecule has 4 heteroatoms. The van der Waals surface area contributed by atoms with Crippen LogP contribution in [0.2, 0.25) is 0 Å². The summed E-state index contributed by atoms with van der Waals surface area (Å²) in [4.78, 5) is 14.1. The smallest absolute Gasteiger partial charge is 0.317 e. The van der Waals surface area contributed by atoms with Gasteiger partial charge in [0.2, 0.25) is 0 Å². The minimum atomic E-state index is 0.0765. The molecular weight excluding hydrogens is 238 g/mol. The highest BCUT2D eigenvalue weighted by Gasteiger charge is 2.41. The van der Waals surface area contributed by atoms with Gasteiger partial charge in [-0.3, -0.25) is 0 Å². The van der Waals surface area contributed by atoms with Gasteiger partial charge in [0.1, 0.15) is 0 Å². The molecule has 1 aromatic rings. The fraction of sp³-hybridized carbons (Fsp3) is 0.533. The Morgan fingerprint density at radius 2 is 2.16 bits per heavy atom. The van der Waals surface area contributed by atoms with E-state index in [4.69, 9.17) is 0 Å². The van der Waals surface area contributed by atoms with Gasteiger partial charge in [0.15, 0.2) is 0 Å². The molecule has 2 aliphatic rings. The molecule has 2 N–H and O–H groups in total. The van der Waals surface area contributed by atoms with E-state index in [9.17, 15) is 4.79 Å². The third-order valence-corrected chi connectivity index (χ3v) is 4.34. The topological polar surface area (TPSA) is 44.4 Å². The number of nitrogens with one attached hydrogen (secondary N) is 2. The van der Waals surface area contributed by atoms with E-state index in [0.29, 0.717) is 12.0 Å². The van der Waals surface area contributed by atoms with Crippen LogP contribution in [0.25, 0.3) is 0 Å². The monoisotopic (exact) mass is 259 g/mol. The molecule has 0 saturated carbocycles. The van der Waals surface area contributed by atoms with Crippen molar-refractivity contribution in [3.8, 4) is 0 Å². The van der Waals surface area contributed by atoms with E-state index in [0.717, 1.165) is 38.2 Å². The van der Waals surface area contributed by atoms with Gasteiger partial charge in [-0.2, -0.15) is 0 Å². The summed E-state index contributed by atoms with van der Waals surface area (Å²) in [5, 5.41) is 6.43. The highest BCUT2D eigenvalue weighted by atomic mass is 16.2. The van der Waals surface area contributed by atoms with Gasteiger partial charge in [-0.05, 0) is 24.9 Å². The fourth-order valence-electron chi connectivity index (χ4n) is 3.14. The summed E-state index contributed by atoms with van der Waals surface area (Å²) in [6.45, 7) is 4.57. The minimum absolute atomic E-state index is 0.0765. The van der Waals surface area contributed by atoms with E-state index in [1.165, 1.54) is 6.42 Å². The molecule has 2 fully saturated rings. The zero-order valence-electron chi connectivity index (χ0n) is 11.2. The Labute approximate surface area is 114 Å². The maximum atomic E-state index is 12.2. The summed E-state index contributed by atoms with van der Waals surface area (Å²) in [6, 6.07) is 10.1. The van der Waals surface area contributed by atoms with E-state index >= 15 is 0 Å². The van der Waals surface area contributed by atoms with E-state index in [2.05, 4.69) is 10.6 Å². The molecule has 2 saturated heterocycles. The van der Waals surface area contributed by atoms with Crippen molar-refractivity contribution in [2.24, 2.45) is 5.41 Å². The Bertz CT molecular complexity index is 440. The molecule has 1 aromatic carbocycles. The number of amides is 2. The van der Waals surface area contributed by atoms with Crippen LogP contribution in [0, 0.1) is 5.41 Å². The first-order valence-corrected chi connectivity index (χ1v) is 7.05. The number of rotatable bonds is 2. The van der Waals surface area contributed by atoms with Crippen molar-refractivity contribution < 1.29 is 4.79 Å². The number of carbonyl (C=O) groups is 1. The van der Waals surface area contributed by atoms with Crippen LogP contribution in [-0.4, -0.2) is 37.1 Å². The van der Waals surface area contributed by atoms with Crippen molar-refractivity contribution in [2.75, 3.05) is 26.2 Å². The van der Waals surface area contributed by atoms with Gasteiger partial charge in [0.25, 0.3) is 0 Å². The molecule has 2 heterocycles. The predicted octanol–water partition coefficient (Wildman–Crippen LogP) is 1.58. The molecule has 1 atom stereocenters. The second-order valence-corrected chi connectivity index (χ2v) is 5.74. The number of likely N-dealkylation sites (tertiary alicyclic amines) is 1. The summed E-state index contributed by atoms with van der Waals surface area (Å²) in [5.41, 5.74) is 1.50. The zero-order chi connectivity index (χ0) is 13.1. The lowest BCUT2D eigenvalue weighted by atomic mass is 9.87. The van der Waals surface area contributed by atoms with Gasteiger partial charge in [-0.15, -0.1) is 0 Å². The first-order valence-electron chi connectivity index (χ1n) is 7.05. The lowest BCUT2D eigenvalue weighted by Gasteiger charge is -2.23. The maximum Gasteiger partial charge on any atom is 0.317 e. The molecular formula is C15H21N3O. The Hall–Kier alpha value is -1.55. The Morgan fingerprint density at radius 3 is 2.89 bits per heavy atom. The van der Waals surface area contributed by atoms with Crippen LogP contribution in [0.1, 0.15) is 18.4 Å². The van der Waals surface area contributed by atoms with E-state index in [-0.39, 0.29) is 6.03 Å². The number of carbonyl (C=O) groups excluding carboxylic acids is 1.